The van der Waals surface area contributed by atoms with Crippen molar-refractivity contribution in [2.24, 2.45) is 0 Å². The molecule has 0 aliphatic rings. The standard InChI is InChI=1S/C59H48N6/c1-58(2,3)43-27-29-45-46-30-28-44(59(4,5)6)34-54(46)65(53(45)33-43)55-47(51-35-49(39-19-11-7-12-20-39)61-56(63-51)41-23-15-9-16-24-41)31-38(37-60)32-48(55)52-36-50(40-21-13-8-14-22-40)62-57(64-52)42-25-17-10-18-26-42/h7-36H,1-6H3. The molecule has 65 heavy (non-hydrogen) atoms. The van der Waals surface area contributed by atoms with Crippen LogP contribution in [0.4, 0.5) is 0 Å². The molecule has 0 aliphatic carbocycles. The molecule has 0 spiro atoms. The number of nitrogens with zero attached hydrogens (tertiary/aromatic N) is 6. The molecule has 7 aromatic carbocycles. The fraction of sp³-hybridized carbons (Fsp3) is 0.136. The van der Waals surface area contributed by atoms with Gasteiger partial charge < -0.3 is 4.57 Å². The lowest BCUT2D eigenvalue weighted by molar-refractivity contribution is 0.591. The Labute approximate surface area is 380 Å². The molecule has 0 radical (unpaired) electrons. The number of hydrogen-bond donors (Lipinski definition) is 0. The molecule has 3 aromatic heterocycles. The van der Waals surface area contributed by atoms with Gasteiger partial charge in [0.05, 0.1) is 51.1 Å². The molecule has 6 heteroatoms. The van der Waals surface area contributed by atoms with Crippen molar-refractivity contribution >= 4 is 21.8 Å². The summed E-state index contributed by atoms with van der Waals surface area (Å²) in [7, 11) is 0. The predicted octanol–water partition coefficient (Wildman–Crippen LogP) is 14.8. The molecule has 314 valence electrons. The van der Waals surface area contributed by atoms with Crippen LogP contribution >= 0.6 is 0 Å². The zero-order valence-corrected chi connectivity index (χ0v) is 37.5. The van der Waals surface area contributed by atoms with Gasteiger partial charge in [-0.3, -0.25) is 0 Å². The van der Waals surface area contributed by atoms with Crippen LogP contribution in [0.2, 0.25) is 0 Å². The third-order valence-corrected chi connectivity index (χ3v) is 12.2. The predicted molar refractivity (Wildman–Crippen MR) is 267 cm³/mol. The lowest BCUT2D eigenvalue weighted by Gasteiger charge is -2.23. The molecule has 3 heterocycles. The van der Waals surface area contributed by atoms with Gasteiger partial charge in [0.1, 0.15) is 0 Å². The summed E-state index contributed by atoms with van der Waals surface area (Å²) in [6.07, 6.45) is 0. The second kappa shape index (κ2) is 16.3. The van der Waals surface area contributed by atoms with Crippen molar-refractivity contribution < 1.29 is 0 Å². The van der Waals surface area contributed by atoms with Crippen LogP contribution in [0.5, 0.6) is 0 Å². The highest BCUT2D eigenvalue weighted by Gasteiger charge is 2.27. The molecule has 0 fully saturated rings. The van der Waals surface area contributed by atoms with Crippen molar-refractivity contribution in [3.05, 3.63) is 199 Å². The fourth-order valence-corrected chi connectivity index (χ4v) is 8.64. The minimum absolute atomic E-state index is 0.133. The first kappa shape index (κ1) is 41.0. The summed E-state index contributed by atoms with van der Waals surface area (Å²) in [4.78, 5) is 21.2. The molecular weight excluding hydrogens is 793 g/mol. The summed E-state index contributed by atoms with van der Waals surface area (Å²) in [6, 6.07) is 65.0. The van der Waals surface area contributed by atoms with E-state index in [1.54, 1.807) is 0 Å². The molecule has 0 saturated heterocycles. The molecule has 0 saturated carbocycles. The van der Waals surface area contributed by atoms with Crippen molar-refractivity contribution in [3.63, 3.8) is 0 Å². The van der Waals surface area contributed by atoms with Crippen molar-refractivity contribution in [2.45, 2.75) is 52.4 Å². The lowest BCUT2D eigenvalue weighted by Crippen LogP contribution is -2.12. The van der Waals surface area contributed by atoms with Gasteiger partial charge in [-0.05, 0) is 58.4 Å². The van der Waals surface area contributed by atoms with Crippen molar-refractivity contribution in [3.8, 4) is 79.6 Å². The second-order valence-electron chi connectivity index (χ2n) is 18.7. The van der Waals surface area contributed by atoms with Crippen LogP contribution in [0.1, 0.15) is 58.2 Å². The van der Waals surface area contributed by atoms with E-state index in [0.29, 0.717) is 28.6 Å². The Hall–Kier alpha value is -8.01. The SMILES string of the molecule is CC(C)(C)c1ccc2c3ccc(C(C)(C)C)cc3n(-c3c(-c4cc(-c5ccccc5)nc(-c5ccccc5)n4)cc(C#N)cc3-c3cc(-c4ccccc4)nc(-c4ccccc4)n3)c2c1. The average Bonchev–Trinajstić information content (AvgIpc) is 3.66. The van der Waals surface area contributed by atoms with E-state index in [1.165, 1.54) is 11.1 Å². The van der Waals surface area contributed by atoms with Crippen LogP contribution in [0, 0.1) is 11.3 Å². The first-order chi connectivity index (χ1) is 31.4. The lowest BCUT2D eigenvalue weighted by atomic mass is 9.86. The Morgan fingerprint density at radius 1 is 0.400 bits per heavy atom. The average molecular weight is 841 g/mol. The third-order valence-electron chi connectivity index (χ3n) is 12.2. The van der Waals surface area contributed by atoms with Crippen LogP contribution in [-0.2, 0) is 10.8 Å². The first-order valence-corrected chi connectivity index (χ1v) is 22.1. The topological polar surface area (TPSA) is 80.3 Å². The van der Waals surface area contributed by atoms with Gasteiger partial charge in [0.2, 0.25) is 0 Å². The van der Waals surface area contributed by atoms with Gasteiger partial charge >= 0.3 is 0 Å². The maximum atomic E-state index is 11.0. The van der Waals surface area contributed by atoms with Gasteiger partial charge in [0.15, 0.2) is 11.6 Å². The van der Waals surface area contributed by atoms with E-state index in [2.05, 4.69) is 125 Å². The van der Waals surface area contributed by atoms with Crippen molar-refractivity contribution in [1.29, 1.82) is 5.26 Å². The number of benzene rings is 7. The smallest absolute Gasteiger partial charge is 0.160 e. The quantitative estimate of drug-likeness (QED) is 0.160. The second-order valence-corrected chi connectivity index (χ2v) is 18.7. The van der Waals surface area contributed by atoms with E-state index in [9.17, 15) is 5.26 Å². The third kappa shape index (κ3) is 7.87. The number of rotatable bonds is 7. The maximum Gasteiger partial charge on any atom is 0.160 e. The zero-order chi connectivity index (χ0) is 44.9. The highest BCUT2D eigenvalue weighted by atomic mass is 15.0. The molecule has 0 atom stereocenters. The number of aromatic nitrogens is 5. The molecule has 0 amide bonds. The molecule has 0 unspecified atom stereocenters. The van der Waals surface area contributed by atoms with Gasteiger partial charge in [-0.2, -0.15) is 5.26 Å². The zero-order valence-electron chi connectivity index (χ0n) is 37.5. The highest BCUT2D eigenvalue weighted by molar-refractivity contribution is 6.11. The van der Waals surface area contributed by atoms with Crippen LogP contribution < -0.4 is 0 Å². The summed E-state index contributed by atoms with van der Waals surface area (Å²) in [5.41, 5.74) is 13.8. The van der Waals surface area contributed by atoms with Gasteiger partial charge in [-0.1, -0.05) is 187 Å². The molecule has 10 aromatic rings. The van der Waals surface area contributed by atoms with E-state index >= 15 is 0 Å². The van der Waals surface area contributed by atoms with E-state index < -0.39 is 0 Å². The number of nitriles is 1. The minimum atomic E-state index is -0.133. The largest absolute Gasteiger partial charge is 0.308 e. The van der Waals surface area contributed by atoms with E-state index in [0.717, 1.165) is 72.3 Å². The van der Waals surface area contributed by atoms with E-state index in [-0.39, 0.29) is 10.8 Å². The van der Waals surface area contributed by atoms with Gasteiger partial charge in [0, 0.05) is 44.2 Å². The molecule has 10 rings (SSSR count). The van der Waals surface area contributed by atoms with Crippen LogP contribution in [0.15, 0.2) is 182 Å². The van der Waals surface area contributed by atoms with E-state index in [1.807, 2.05) is 109 Å². The van der Waals surface area contributed by atoms with Crippen molar-refractivity contribution in [2.75, 3.05) is 0 Å². The Bertz CT molecular complexity index is 3090. The van der Waals surface area contributed by atoms with Crippen LogP contribution in [-0.4, -0.2) is 24.5 Å². The Kier molecular flexibility index (Phi) is 10.3. The normalized spacial score (nSPS) is 11.8. The van der Waals surface area contributed by atoms with Gasteiger partial charge in [-0.25, -0.2) is 19.9 Å². The number of hydrogen-bond acceptors (Lipinski definition) is 5. The van der Waals surface area contributed by atoms with E-state index in [4.69, 9.17) is 19.9 Å². The van der Waals surface area contributed by atoms with Gasteiger partial charge in [0.25, 0.3) is 0 Å². The summed E-state index contributed by atoms with van der Waals surface area (Å²) < 4.78 is 2.40. The first-order valence-electron chi connectivity index (χ1n) is 22.1. The molecule has 0 N–H and O–H groups in total. The van der Waals surface area contributed by atoms with Crippen LogP contribution in [0.25, 0.3) is 95.3 Å². The van der Waals surface area contributed by atoms with Crippen LogP contribution in [0.3, 0.4) is 0 Å². The summed E-state index contributed by atoms with van der Waals surface area (Å²) >= 11 is 0. The highest BCUT2D eigenvalue weighted by Crippen LogP contribution is 2.45. The van der Waals surface area contributed by atoms with Crippen molar-refractivity contribution in [1.82, 2.24) is 24.5 Å². The molecule has 0 bridgehead atoms. The summed E-state index contributed by atoms with van der Waals surface area (Å²) in [6.45, 7) is 13.5. The Morgan fingerprint density at radius 2 is 0.754 bits per heavy atom. The molecule has 0 aliphatic heterocycles. The van der Waals surface area contributed by atoms with Gasteiger partial charge in [-0.15, -0.1) is 0 Å². The molecule has 6 nitrogen and oxygen atoms in total. The Balaban J connectivity index is 1.41. The maximum absolute atomic E-state index is 11.0. The fourth-order valence-electron chi connectivity index (χ4n) is 8.64. The summed E-state index contributed by atoms with van der Waals surface area (Å²) in [5.74, 6) is 1.17. The number of fused-ring (bicyclic) bond motifs is 3. The molecular formula is C59H48N6. The Morgan fingerprint density at radius 3 is 1.11 bits per heavy atom. The monoisotopic (exact) mass is 840 g/mol. The minimum Gasteiger partial charge on any atom is -0.308 e. The summed E-state index contributed by atoms with van der Waals surface area (Å²) in [5, 5.41) is 13.3.